The second-order valence-corrected chi connectivity index (χ2v) is 12.1. The highest BCUT2D eigenvalue weighted by Crippen LogP contribution is 2.34. The number of rotatable bonds is 10. The monoisotopic (exact) mass is 500 g/mol. The molecule has 2 unspecified atom stereocenters. The average Bonchev–Trinajstić information content (AvgIpc) is 3.29. The molecule has 2 atom stereocenters. The van der Waals surface area contributed by atoms with Crippen molar-refractivity contribution in [1.29, 1.82) is 0 Å². The Hall–Kier alpha value is -3.08. The first-order valence-corrected chi connectivity index (χ1v) is 13.9. The number of fused-ring (bicyclic) bond motifs is 1. The second-order valence-electron chi connectivity index (χ2n) is 12.1. The van der Waals surface area contributed by atoms with Gasteiger partial charge in [0.05, 0.1) is 12.1 Å². The topological polar surface area (TPSA) is 79.5 Å². The van der Waals surface area contributed by atoms with Crippen molar-refractivity contribution < 1.29 is 4.79 Å². The van der Waals surface area contributed by atoms with Gasteiger partial charge in [-0.15, -0.1) is 0 Å². The fourth-order valence-electron chi connectivity index (χ4n) is 5.68. The molecule has 37 heavy (non-hydrogen) atoms. The summed E-state index contributed by atoms with van der Waals surface area (Å²) in [5, 5.41) is 6.40. The van der Waals surface area contributed by atoms with Crippen molar-refractivity contribution in [2.24, 2.45) is 16.1 Å². The predicted molar refractivity (Wildman–Crippen MR) is 154 cm³/mol. The number of carbonyl (C=O) groups is 1. The number of nitrogens with zero attached hydrogens (tertiary/aromatic N) is 1. The first-order chi connectivity index (χ1) is 17.6. The van der Waals surface area contributed by atoms with Crippen LogP contribution in [-0.2, 0) is 24.1 Å². The molecule has 0 saturated heterocycles. The lowest BCUT2D eigenvalue weighted by Crippen LogP contribution is -2.43. The number of hydrogen-bond acceptors (Lipinski definition) is 4. The molecule has 2 aromatic rings. The Bertz CT molecular complexity index is 1170. The number of carbonyl (C=O) groups excluding carboxylic acids is 1. The molecule has 2 aromatic carbocycles. The standard InChI is InChI=1S/C32H44N4O/c1-21-13-14-23(9-6-7-12-27-19-30(37)36-31(33)35-27)17-28(21)29(20-32(3,4)5)34-22(2)25-16-15-24-10-8-11-26(24)18-25/h13-18,27,29,34H,2,6-12,19-20H2,1,3-5H3,(H3,33,35,36,37). The van der Waals surface area contributed by atoms with Crippen molar-refractivity contribution in [3.8, 4) is 0 Å². The molecule has 1 aliphatic heterocycles. The minimum Gasteiger partial charge on any atom is -0.378 e. The first-order valence-electron chi connectivity index (χ1n) is 13.9. The Balaban J connectivity index is 1.43. The van der Waals surface area contributed by atoms with Crippen molar-refractivity contribution in [2.45, 2.75) is 97.6 Å². The highest BCUT2D eigenvalue weighted by Gasteiger charge is 2.23. The van der Waals surface area contributed by atoms with Gasteiger partial charge in [0.1, 0.15) is 0 Å². The Labute approximate surface area is 223 Å². The summed E-state index contributed by atoms with van der Waals surface area (Å²) in [7, 11) is 0. The van der Waals surface area contributed by atoms with Gasteiger partial charge in [0.15, 0.2) is 5.96 Å². The predicted octanol–water partition coefficient (Wildman–Crippen LogP) is 6.14. The second kappa shape index (κ2) is 11.5. The molecule has 1 amide bonds. The van der Waals surface area contributed by atoms with Crippen LogP contribution >= 0.6 is 0 Å². The highest BCUT2D eigenvalue weighted by atomic mass is 16.1. The zero-order chi connectivity index (χ0) is 26.6. The molecule has 198 valence electrons. The van der Waals surface area contributed by atoms with Gasteiger partial charge in [0.2, 0.25) is 5.91 Å². The minimum absolute atomic E-state index is 0.00734. The van der Waals surface area contributed by atoms with E-state index in [0.717, 1.165) is 37.8 Å². The lowest BCUT2D eigenvalue weighted by molar-refractivity contribution is -0.120. The van der Waals surface area contributed by atoms with Gasteiger partial charge in [-0.05, 0) is 96.7 Å². The van der Waals surface area contributed by atoms with Crippen LogP contribution in [0.15, 0.2) is 48.0 Å². The number of hydrogen-bond donors (Lipinski definition) is 3. The lowest BCUT2D eigenvalue weighted by Gasteiger charge is -2.30. The third kappa shape index (κ3) is 7.47. The van der Waals surface area contributed by atoms with Crippen LogP contribution in [0.4, 0.5) is 0 Å². The van der Waals surface area contributed by atoms with Gasteiger partial charge in [-0.1, -0.05) is 64.1 Å². The van der Waals surface area contributed by atoms with Crippen LogP contribution < -0.4 is 16.4 Å². The first kappa shape index (κ1) is 27.0. The molecular weight excluding hydrogens is 456 g/mol. The van der Waals surface area contributed by atoms with E-state index in [1.54, 1.807) is 0 Å². The van der Waals surface area contributed by atoms with E-state index in [1.807, 2.05) is 0 Å². The smallest absolute Gasteiger partial charge is 0.228 e. The molecule has 0 bridgehead atoms. The highest BCUT2D eigenvalue weighted by molar-refractivity contribution is 5.98. The van der Waals surface area contributed by atoms with E-state index in [0.29, 0.717) is 6.42 Å². The maximum absolute atomic E-state index is 11.7. The molecule has 0 spiro atoms. The molecule has 0 saturated carbocycles. The number of unbranched alkanes of at least 4 members (excludes halogenated alkanes) is 1. The number of amides is 1. The van der Waals surface area contributed by atoms with E-state index in [2.05, 4.69) is 86.3 Å². The molecule has 4 N–H and O–H groups in total. The molecule has 0 radical (unpaired) electrons. The zero-order valence-corrected chi connectivity index (χ0v) is 23.1. The average molecular weight is 501 g/mol. The molecule has 5 nitrogen and oxygen atoms in total. The van der Waals surface area contributed by atoms with Gasteiger partial charge >= 0.3 is 0 Å². The number of nitrogens with two attached hydrogens (primary N) is 1. The fraction of sp³-hybridized carbons (Fsp3) is 0.500. The molecule has 5 heteroatoms. The van der Waals surface area contributed by atoms with Gasteiger partial charge in [-0.3, -0.25) is 10.1 Å². The van der Waals surface area contributed by atoms with E-state index < -0.39 is 0 Å². The Morgan fingerprint density at radius 2 is 1.95 bits per heavy atom. The van der Waals surface area contributed by atoms with Crippen LogP contribution in [0, 0.1) is 12.3 Å². The van der Waals surface area contributed by atoms with Crippen molar-refractivity contribution >= 4 is 17.6 Å². The third-order valence-electron chi connectivity index (χ3n) is 7.59. The summed E-state index contributed by atoms with van der Waals surface area (Å²) >= 11 is 0. The van der Waals surface area contributed by atoms with Crippen molar-refractivity contribution in [3.63, 3.8) is 0 Å². The SMILES string of the molecule is C=C(NC(CC(C)(C)C)c1cc(CCCCC2CC(=O)NC(N)=N2)ccc1C)c1ccc2c(c1)CCC2. The number of aliphatic imine (C=N–C) groups is 1. The number of benzene rings is 2. The Morgan fingerprint density at radius 3 is 2.70 bits per heavy atom. The summed E-state index contributed by atoms with van der Waals surface area (Å²) in [6.07, 6.45) is 9.08. The van der Waals surface area contributed by atoms with Gasteiger partial charge in [-0.25, -0.2) is 4.99 Å². The molecule has 2 aliphatic rings. The van der Waals surface area contributed by atoms with Crippen molar-refractivity contribution in [2.75, 3.05) is 0 Å². The van der Waals surface area contributed by atoms with E-state index in [4.69, 9.17) is 5.73 Å². The normalized spacial score (nSPS) is 18.1. The molecule has 1 heterocycles. The lowest BCUT2D eigenvalue weighted by atomic mass is 9.83. The van der Waals surface area contributed by atoms with Crippen LogP contribution in [0.1, 0.15) is 98.7 Å². The zero-order valence-electron chi connectivity index (χ0n) is 23.1. The molecule has 0 fully saturated rings. The van der Waals surface area contributed by atoms with Gasteiger partial charge < -0.3 is 11.1 Å². The van der Waals surface area contributed by atoms with Crippen LogP contribution in [0.5, 0.6) is 0 Å². The van der Waals surface area contributed by atoms with Crippen molar-refractivity contribution in [3.05, 3.63) is 76.4 Å². The van der Waals surface area contributed by atoms with Gasteiger partial charge in [0.25, 0.3) is 0 Å². The fourth-order valence-corrected chi connectivity index (χ4v) is 5.68. The molecule has 0 aromatic heterocycles. The number of guanidine groups is 1. The maximum atomic E-state index is 11.7. The summed E-state index contributed by atoms with van der Waals surface area (Å²) in [4.78, 5) is 16.1. The summed E-state index contributed by atoms with van der Waals surface area (Å²) in [5.41, 5.74) is 15.1. The molecule has 4 rings (SSSR count). The largest absolute Gasteiger partial charge is 0.378 e. The van der Waals surface area contributed by atoms with Crippen LogP contribution in [-0.4, -0.2) is 17.9 Å². The molecular formula is C32H44N4O. The molecule has 1 aliphatic carbocycles. The van der Waals surface area contributed by atoms with E-state index in [1.165, 1.54) is 52.6 Å². The quantitative estimate of drug-likeness (QED) is 0.343. The minimum atomic E-state index is -0.0282. The third-order valence-corrected chi connectivity index (χ3v) is 7.59. The summed E-state index contributed by atoms with van der Waals surface area (Å²) < 4.78 is 0. The van der Waals surface area contributed by atoms with Gasteiger partial charge in [-0.2, -0.15) is 0 Å². The van der Waals surface area contributed by atoms with E-state index in [9.17, 15) is 4.79 Å². The van der Waals surface area contributed by atoms with E-state index in [-0.39, 0.29) is 29.4 Å². The summed E-state index contributed by atoms with van der Waals surface area (Å²) in [6.45, 7) is 13.6. The Kier molecular flexibility index (Phi) is 8.41. The summed E-state index contributed by atoms with van der Waals surface area (Å²) in [6, 6.07) is 14.0. The van der Waals surface area contributed by atoms with Crippen LogP contribution in [0.2, 0.25) is 0 Å². The Morgan fingerprint density at radius 1 is 1.16 bits per heavy atom. The summed E-state index contributed by atoms with van der Waals surface area (Å²) in [5.74, 6) is 0.225. The number of nitrogens with one attached hydrogen (secondary N) is 2. The van der Waals surface area contributed by atoms with E-state index >= 15 is 0 Å². The van der Waals surface area contributed by atoms with Gasteiger partial charge in [0, 0.05) is 12.1 Å². The van der Waals surface area contributed by atoms with Crippen molar-refractivity contribution in [1.82, 2.24) is 10.6 Å². The van der Waals surface area contributed by atoms with Crippen LogP contribution in [0.25, 0.3) is 5.70 Å². The number of aryl methyl sites for hydroxylation is 4. The maximum Gasteiger partial charge on any atom is 0.228 e. The van der Waals surface area contributed by atoms with Crippen LogP contribution in [0.3, 0.4) is 0 Å².